The van der Waals surface area contributed by atoms with Gasteiger partial charge in [-0.25, -0.2) is 0 Å². The van der Waals surface area contributed by atoms with Crippen molar-refractivity contribution in [2.24, 2.45) is 0 Å². The molecule has 112 valence electrons. The van der Waals surface area contributed by atoms with Gasteiger partial charge < -0.3 is 14.8 Å². The number of benzene rings is 2. The lowest BCUT2D eigenvalue weighted by atomic mass is 10.1. The van der Waals surface area contributed by atoms with E-state index in [1.807, 2.05) is 37.3 Å². The van der Waals surface area contributed by atoms with E-state index in [1.165, 1.54) is 0 Å². The van der Waals surface area contributed by atoms with Crippen molar-refractivity contribution in [1.29, 1.82) is 0 Å². The van der Waals surface area contributed by atoms with Crippen molar-refractivity contribution in [2.75, 3.05) is 19.0 Å². The van der Waals surface area contributed by atoms with E-state index in [0.29, 0.717) is 13.2 Å². The van der Waals surface area contributed by atoms with Gasteiger partial charge in [-0.3, -0.25) is 0 Å². The predicted molar refractivity (Wildman–Crippen MR) is 86.8 cm³/mol. The van der Waals surface area contributed by atoms with Crippen molar-refractivity contribution in [2.45, 2.75) is 26.5 Å². The number of hydrogen-bond acceptors (Lipinski definition) is 3. The van der Waals surface area contributed by atoms with Crippen LogP contribution in [0.2, 0.25) is 0 Å². The van der Waals surface area contributed by atoms with Crippen molar-refractivity contribution in [3.8, 4) is 5.75 Å². The summed E-state index contributed by atoms with van der Waals surface area (Å²) < 4.78 is 11.0. The average Bonchev–Trinajstić information content (AvgIpc) is 2.50. The molecule has 0 bridgehead atoms. The molecule has 0 aromatic heterocycles. The standard InChI is InChI=1S/C18H23NO2/c1-4-21-18-12-8-6-10-16(18)14(2)19-17-11-7-5-9-15(17)13-20-3/h5-12,14,19H,4,13H2,1-3H3. The van der Waals surface area contributed by atoms with E-state index in [2.05, 4.69) is 30.4 Å². The minimum atomic E-state index is 0.158. The third-order valence-corrected chi connectivity index (χ3v) is 3.37. The van der Waals surface area contributed by atoms with Crippen LogP contribution in [0, 0.1) is 0 Å². The molecule has 0 aliphatic carbocycles. The fourth-order valence-corrected chi connectivity index (χ4v) is 2.38. The fourth-order valence-electron chi connectivity index (χ4n) is 2.38. The van der Waals surface area contributed by atoms with Gasteiger partial charge in [-0.15, -0.1) is 0 Å². The van der Waals surface area contributed by atoms with Gasteiger partial charge in [0.2, 0.25) is 0 Å². The van der Waals surface area contributed by atoms with Crippen LogP contribution in [0.5, 0.6) is 5.75 Å². The molecule has 0 heterocycles. The number of anilines is 1. The van der Waals surface area contributed by atoms with Crippen LogP contribution < -0.4 is 10.1 Å². The Hall–Kier alpha value is -2.00. The molecule has 0 aliphatic heterocycles. The van der Waals surface area contributed by atoms with Crippen LogP contribution in [0.3, 0.4) is 0 Å². The first-order valence-electron chi connectivity index (χ1n) is 7.31. The zero-order chi connectivity index (χ0) is 15.1. The second kappa shape index (κ2) is 7.70. The predicted octanol–water partition coefficient (Wildman–Crippen LogP) is 4.40. The lowest BCUT2D eigenvalue weighted by Gasteiger charge is -2.20. The SMILES string of the molecule is CCOc1ccccc1C(C)Nc1ccccc1COC. The molecule has 0 aliphatic rings. The lowest BCUT2D eigenvalue weighted by molar-refractivity contribution is 0.185. The molecule has 3 heteroatoms. The normalized spacial score (nSPS) is 12.0. The Morgan fingerprint density at radius 1 is 1.05 bits per heavy atom. The molecule has 21 heavy (non-hydrogen) atoms. The van der Waals surface area contributed by atoms with Gasteiger partial charge >= 0.3 is 0 Å². The highest BCUT2D eigenvalue weighted by atomic mass is 16.5. The van der Waals surface area contributed by atoms with Gasteiger partial charge in [-0.1, -0.05) is 36.4 Å². The molecule has 0 fully saturated rings. The average molecular weight is 285 g/mol. The van der Waals surface area contributed by atoms with Gasteiger partial charge in [0.15, 0.2) is 0 Å². The van der Waals surface area contributed by atoms with Gasteiger partial charge in [-0.05, 0) is 26.0 Å². The molecule has 0 saturated carbocycles. The lowest BCUT2D eigenvalue weighted by Crippen LogP contribution is -2.10. The van der Waals surface area contributed by atoms with Crippen molar-refractivity contribution in [3.05, 3.63) is 59.7 Å². The smallest absolute Gasteiger partial charge is 0.124 e. The molecular weight excluding hydrogens is 262 g/mol. The summed E-state index contributed by atoms with van der Waals surface area (Å²) in [5.74, 6) is 0.934. The Balaban J connectivity index is 2.20. The molecule has 0 saturated heterocycles. The number of nitrogens with one attached hydrogen (secondary N) is 1. The molecule has 0 spiro atoms. The maximum absolute atomic E-state index is 5.71. The number of methoxy groups -OCH3 is 1. The van der Waals surface area contributed by atoms with E-state index in [1.54, 1.807) is 7.11 Å². The van der Waals surface area contributed by atoms with Crippen LogP contribution in [0.15, 0.2) is 48.5 Å². The van der Waals surface area contributed by atoms with E-state index in [4.69, 9.17) is 9.47 Å². The number of rotatable bonds is 7. The van der Waals surface area contributed by atoms with Crippen LogP contribution in [0.25, 0.3) is 0 Å². The molecule has 2 aromatic carbocycles. The van der Waals surface area contributed by atoms with Crippen molar-refractivity contribution < 1.29 is 9.47 Å². The molecule has 1 unspecified atom stereocenters. The second-order valence-corrected chi connectivity index (χ2v) is 4.93. The van der Waals surface area contributed by atoms with Crippen LogP contribution in [0.1, 0.15) is 31.0 Å². The minimum Gasteiger partial charge on any atom is -0.494 e. The molecule has 1 N–H and O–H groups in total. The molecule has 2 rings (SSSR count). The molecule has 0 radical (unpaired) electrons. The van der Waals surface area contributed by atoms with Crippen molar-refractivity contribution in [3.63, 3.8) is 0 Å². The van der Waals surface area contributed by atoms with Crippen LogP contribution >= 0.6 is 0 Å². The zero-order valence-corrected chi connectivity index (χ0v) is 12.9. The highest BCUT2D eigenvalue weighted by Crippen LogP contribution is 2.29. The van der Waals surface area contributed by atoms with Crippen LogP contribution in [0.4, 0.5) is 5.69 Å². The Labute approximate surface area is 126 Å². The van der Waals surface area contributed by atoms with Crippen molar-refractivity contribution >= 4 is 5.69 Å². The molecule has 0 amide bonds. The second-order valence-electron chi connectivity index (χ2n) is 4.93. The van der Waals surface area contributed by atoms with Crippen LogP contribution in [-0.2, 0) is 11.3 Å². The van der Waals surface area contributed by atoms with Gasteiger partial charge in [0, 0.05) is 23.9 Å². The highest BCUT2D eigenvalue weighted by Gasteiger charge is 2.12. The maximum Gasteiger partial charge on any atom is 0.124 e. The van der Waals surface area contributed by atoms with E-state index >= 15 is 0 Å². The maximum atomic E-state index is 5.71. The fraction of sp³-hybridized carbons (Fsp3) is 0.333. The largest absolute Gasteiger partial charge is 0.494 e. The van der Waals surface area contributed by atoms with E-state index in [0.717, 1.165) is 22.6 Å². The first kappa shape index (κ1) is 15.4. The monoisotopic (exact) mass is 285 g/mol. The first-order chi connectivity index (χ1) is 10.3. The molecular formula is C18H23NO2. The zero-order valence-electron chi connectivity index (χ0n) is 12.9. The summed E-state index contributed by atoms with van der Waals surface area (Å²) in [5.41, 5.74) is 3.41. The van der Waals surface area contributed by atoms with E-state index in [9.17, 15) is 0 Å². The highest BCUT2D eigenvalue weighted by molar-refractivity contribution is 5.53. The van der Waals surface area contributed by atoms with E-state index in [-0.39, 0.29) is 6.04 Å². The quantitative estimate of drug-likeness (QED) is 0.817. The summed E-state index contributed by atoms with van der Waals surface area (Å²) >= 11 is 0. The number of para-hydroxylation sites is 2. The van der Waals surface area contributed by atoms with E-state index < -0.39 is 0 Å². The summed E-state index contributed by atoms with van der Waals surface area (Å²) in [6, 6.07) is 16.5. The Kier molecular flexibility index (Phi) is 5.64. The third kappa shape index (κ3) is 3.99. The minimum absolute atomic E-state index is 0.158. The van der Waals surface area contributed by atoms with Crippen molar-refractivity contribution in [1.82, 2.24) is 0 Å². The number of hydrogen-bond donors (Lipinski definition) is 1. The Morgan fingerprint density at radius 3 is 2.52 bits per heavy atom. The van der Waals surface area contributed by atoms with Gasteiger partial charge in [0.1, 0.15) is 5.75 Å². The summed E-state index contributed by atoms with van der Waals surface area (Å²) in [5, 5.41) is 3.55. The van der Waals surface area contributed by atoms with Gasteiger partial charge in [0.25, 0.3) is 0 Å². The Morgan fingerprint density at radius 2 is 1.76 bits per heavy atom. The topological polar surface area (TPSA) is 30.5 Å². The van der Waals surface area contributed by atoms with Gasteiger partial charge in [-0.2, -0.15) is 0 Å². The summed E-state index contributed by atoms with van der Waals surface area (Å²) in [6.45, 7) is 5.41. The summed E-state index contributed by atoms with van der Waals surface area (Å²) in [6.07, 6.45) is 0. The first-order valence-corrected chi connectivity index (χ1v) is 7.31. The number of ether oxygens (including phenoxy) is 2. The summed E-state index contributed by atoms with van der Waals surface area (Å²) in [4.78, 5) is 0. The third-order valence-electron chi connectivity index (χ3n) is 3.37. The van der Waals surface area contributed by atoms with Crippen LogP contribution in [-0.4, -0.2) is 13.7 Å². The molecule has 2 aromatic rings. The summed E-state index contributed by atoms with van der Waals surface area (Å²) in [7, 11) is 1.71. The Bertz CT molecular complexity index is 569. The van der Waals surface area contributed by atoms with Gasteiger partial charge in [0.05, 0.1) is 19.3 Å². The molecule has 1 atom stereocenters. The molecule has 3 nitrogen and oxygen atoms in total.